The predicted molar refractivity (Wildman–Crippen MR) is 58.3 cm³/mol. The first kappa shape index (κ1) is 11.3. The molecule has 1 aliphatic carbocycles. The Bertz CT molecular complexity index is 186. The zero-order chi connectivity index (χ0) is 10.6. The van der Waals surface area contributed by atoms with Gasteiger partial charge in [0, 0.05) is 19.6 Å². The number of hydrogen-bond acceptors (Lipinski definition) is 1. The van der Waals surface area contributed by atoms with Gasteiger partial charge in [-0.3, -0.25) is 0 Å². The van der Waals surface area contributed by atoms with Crippen LogP contribution in [0.3, 0.4) is 0 Å². The molecule has 0 aromatic carbocycles. The van der Waals surface area contributed by atoms with E-state index in [-0.39, 0.29) is 6.03 Å². The minimum atomic E-state index is 0.0885. The van der Waals surface area contributed by atoms with Crippen molar-refractivity contribution in [3.8, 4) is 0 Å². The molecule has 82 valence electrons. The SMILES string of the molecule is CC(C)CNC(=O)N(C)C1CCCC1. The zero-order valence-corrected chi connectivity index (χ0v) is 9.55. The monoisotopic (exact) mass is 198 g/mol. The van der Waals surface area contributed by atoms with Crippen LogP contribution in [0.4, 0.5) is 4.79 Å². The van der Waals surface area contributed by atoms with E-state index in [0.717, 1.165) is 6.54 Å². The molecule has 3 heteroatoms. The third-order valence-electron chi connectivity index (χ3n) is 2.85. The maximum atomic E-state index is 11.6. The number of carbonyl (C=O) groups is 1. The van der Waals surface area contributed by atoms with Crippen LogP contribution in [0.15, 0.2) is 0 Å². The van der Waals surface area contributed by atoms with Crippen LogP contribution in [0.25, 0.3) is 0 Å². The van der Waals surface area contributed by atoms with Crippen molar-refractivity contribution in [2.75, 3.05) is 13.6 Å². The highest BCUT2D eigenvalue weighted by Gasteiger charge is 2.22. The molecule has 3 nitrogen and oxygen atoms in total. The number of nitrogens with zero attached hydrogens (tertiary/aromatic N) is 1. The quantitative estimate of drug-likeness (QED) is 0.741. The molecule has 1 aliphatic rings. The van der Waals surface area contributed by atoms with Gasteiger partial charge in [0.15, 0.2) is 0 Å². The summed E-state index contributed by atoms with van der Waals surface area (Å²) in [6.07, 6.45) is 4.89. The Balaban J connectivity index is 2.28. The molecule has 1 fully saturated rings. The Hall–Kier alpha value is -0.730. The number of urea groups is 1. The molecule has 0 saturated heterocycles. The van der Waals surface area contributed by atoms with Gasteiger partial charge in [-0.2, -0.15) is 0 Å². The molecule has 0 bridgehead atoms. The summed E-state index contributed by atoms with van der Waals surface area (Å²) in [6.45, 7) is 4.99. The van der Waals surface area contributed by atoms with E-state index >= 15 is 0 Å². The molecule has 0 aromatic rings. The summed E-state index contributed by atoms with van der Waals surface area (Å²) in [7, 11) is 1.91. The van der Waals surface area contributed by atoms with Crippen molar-refractivity contribution in [2.24, 2.45) is 5.92 Å². The first-order chi connectivity index (χ1) is 6.61. The van der Waals surface area contributed by atoms with Gasteiger partial charge in [-0.1, -0.05) is 26.7 Å². The van der Waals surface area contributed by atoms with E-state index in [0.29, 0.717) is 12.0 Å². The van der Waals surface area contributed by atoms with Crippen LogP contribution in [0, 0.1) is 5.92 Å². The van der Waals surface area contributed by atoms with Crippen LogP contribution in [-0.4, -0.2) is 30.6 Å². The maximum Gasteiger partial charge on any atom is 0.317 e. The Morgan fingerprint density at radius 2 is 2.00 bits per heavy atom. The van der Waals surface area contributed by atoms with Gasteiger partial charge in [0.05, 0.1) is 0 Å². The van der Waals surface area contributed by atoms with E-state index < -0.39 is 0 Å². The first-order valence-corrected chi connectivity index (χ1v) is 5.62. The Kier molecular flexibility index (Phi) is 4.23. The molecule has 0 spiro atoms. The molecule has 1 saturated carbocycles. The summed E-state index contributed by atoms with van der Waals surface area (Å²) in [5.41, 5.74) is 0. The predicted octanol–water partition coefficient (Wildman–Crippen LogP) is 2.23. The fourth-order valence-corrected chi connectivity index (χ4v) is 1.87. The molecule has 14 heavy (non-hydrogen) atoms. The summed E-state index contributed by atoms with van der Waals surface area (Å²) in [5.74, 6) is 0.524. The van der Waals surface area contributed by atoms with Gasteiger partial charge in [0.1, 0.15) is 0 Å². The molecule has 1 rings (SSSR count). The molecular weight excluding hydrogens is 176 g/mol. The maximum absolute atomic E-state index is 11.6. The fourth-order valence-electron chi connectivity index (χ4n) is 1.87. The number of carbonyl (C=O) groups excluding carboxylic acids is 1. The number of rotatable bonds is 3. The van der Waals surface area contributed by atoms with Gasteiger partial charge in [0.2, 0.25) is 0 Å². The average molecular weight is 198 g/mol. The first-order valence-electron chi connectivity index (χ1n) is 5.62. The van der Waals surface area contributed by atoms with Crippen LogP contribution in [-0.2, 0) is 0 Å². The summed E-state index contributed by atoms with van der Waals surface area (Å²) < 4.78 is 0. The molecule has 1 N–H and O–H groups in total. The second-order valence-corrected chi connectivity index (χ2v) is 4.63. The van der Waals surface area contributed by atoms with Crippen molar-refractivity contribution in [1.82, 2.24) is 10.2 Å². The molecule has 0 heterocycles. The topological polar surface area (TPSA) is 32.3 Å². The third-order valence-corrected chi connectivity index (χ3v) is 2.85. The highest BCUT2D eigenvalue weighted by molar-refractivity contribution is 5.74. The van der Waals surface area contributed by atoms with Crippen molar-refractivity contribution in [1.29, 1.82) is 0 Å². The van der Waals surface area contributed by atoms with Gasteiger partial charge < -0.3 is 10.2 Å². The van der Waals surface area contributed by atoms with Gasteiger partial charge in [-0.25, -0.2) is 4.79 Å². The Morgan fingerprint density at radius 1 is 1.43 bits per heavy atom. The van der Waals surface area contributed by atoms with Gasteiger partial charge in [-0.15, -0.1) is 0 Å². The lowest BCUT2D eigenvalue weighted by Crippen LogP contribution is -2.43. The van der Waals surface area contributed by atoms with Gasteiger partial charge >= 0.3 is 6.03 Å². The van der Waals surface area contributed by atoms with Crippen LogP contribution in [0.2, 0.25) is 0 Å². The molecule has 0 unspecified atom stereocenters. The van der Waals surface area contributed by atoms with E-state index in [1.54, 1.807) is 0 Å². The van der Waals surface area contributed by atoms with Crippen LogP contribution < -0.4 is 5.32 Å². The molecular formula is C11H22N2O. The average Bonchev–Trinajstić information content (AvgIpc) is 2.65. The number of amides is 2. The lowest BCUT2D eigenvalue weighted by Gasteiger charge is -2.25. The summed E-state index contributed by atoms with van der Waals surface area (Å²) in [4.78, 5) is 13.5. The summed E-state index contributed by atoms with van der Waals surface area (Å²) >= 11 is 0. The van der Waals surface area contributed by atoms with Crippen LogP contribution in [0.5, 0.6) is 0 Å². The second-order valence-electron chi connectivity index (χ2n) is 4.63. The van der Waals surface area contributed by atoms with E-state index in [9.17, 15) is 4.79 Å². The molecule has 0 aromatic heterocycles. The highest BCUT2D eigenvalue weighted by Crippen LogP contribution is 2.22. The zero-order valence-electron chi connectivity index (χ0n) is 9.55. The lowest BCUT2D eigenvalue weighted by atomic mass is 10.2. The standard InChI is InChI=1S/C11H22N2O/c1-9(2)8-12-11(14)13(3)10-6-4-5-7-10/h9-10H,4-8H2,1-3H3,(H,12,14). The van der Waals surface area contributed by atoms with Gasteiger partial charge in [-0.05, 0) is 18.8 Å². The minimum Gasteiger partial charge on any atom is -0.338 e. The van der Waals surface area contributed by atoms with Crippen molar-refractivity contribution >= 4 is 6.03 Å². The minimum absolute atomic E-state index is 0.0885. The highest BCUT2D eigenvalue weighted by atomic mass is 16.2. The largest absolute Gasteiger partial charge is 0.338 e. The number of hydrogen-bond donors (Lipinski definition) is 1. The van der Waals surface area contributed by atoms with E-state index in [2.05, 4.69) is 19.2 Å². The normalized spacial score (nSPS) is 17.4. The van der Waals surface area contributed by atoms with Crippen molar-refractivity contribution < 1.29 is 4.79 Å². The number of nitrogens with one attached hydrogen (secondary N) is 1. The molecule has 0 radical (unpaired) electrons. The summed E-state index contributed by atoms with van der Waals surface area (Å²) in [6, 6.07) is 0.563. The van der Waals surface area contributed by atoms with Crippen LogP contribution >= 0.6 is 0 Å². The molecule has 2 amide bonds. The summed E-state index contributed by atoms with van der Waals surface area (Å²) in [5, 5.41) is 2.95. The smallest absolute Gasteiger partial charge is 0.317 e. The third kappa shape index (κ3) is 3.20. The van der Waals surface area contributed by atoms with Gasteiger partial charge in [0.25, 0.3) is 0 Å². The Morgan fingerprint density at radius 3 is 2.50 bits per heavy atom. The van der Waals surface area contributed by atoms with Crippen molar-refractivity contribution in [3.05, 3.63) is 0 Å². The van der Waals surface area contributed by atoms with Crippen molar-refractivity contribution in [3.63, 3.8) is 0 Å². The van der Waals surface area contributed by atoms with Crippen molar-refractivity contribution in [2.45, 2.75) is 45.6 Å². The Labute approximate surface area is 86.9 Å². The lowest BCUT2D eigenvalue weighted by molar-refractivity contribution is 0.189. The molecule has 0 atom stereocenters. The van der Waals surface area contributed by atoms with Crippen LogP contribution in [0.1, 0.15) is 39.5 Å². The second kappa shape index (κ2) is 5.23. The van der Waals surface area contributed by atoms with E-state index in [4.69, 9.17) is 0 Å². The van der Waals surface area contributed by atoms with E-state index in [1.807, 2.05) is 11.9 Å². The fraction of sp³-hybridized carbons (Fsp3) is 0.909. The molecule has 0 aliphatic heterocycles. The van der Waals surface area contributed by atoms with E-state index in [1.165, 1.54) is 25.7 Å².